The van der Waals surface area contributed by atoms with E-state index in [0.29, 0.717) is 0 Å². The molecule has 0 spiro atoms. The number of carbonyl (C=O) groups excluding carboxylic acids is 1. The van der Waals surface area contributed by atoms with Crippen LogP contribution < -0.4 is 10.2 Å². The van der Waals surface area contributed by atoms with Gasteiger partial charge in [-0.15, -0.1) is 0 Å². The minimum absolute atomic E-state index is 0.0330. The van der Waals surface area contributed by atoms with Gasteiger partial charge in [-0.05, 0) is 16.8 Å². The molecule has 0 fully saturated rings. The van der Waals surface area contributed by atoms with Crippen molar-refractivity contribution in [2.24, 2.45) is 5.10 Å². The zero-order valence-electron chi connectivity index (χ0n) is 13.7. The highest BCUT2D eigenvalue weighted by Crippen LogP contribution is 2.25. The van der Waals surface area contributed by atoms with Crippen LogP contribution in [0.25, 0.3) is 10.8 Å². The number of ether oxygens (including phenoxy) is 1. The first-order chi connectivity index (χ1) is 12.6. The van der Waals surface area contributed by atoms with E-state index in [1.165, 1.54) is 18.2 Å². The van der Waals surface area contributed by atoms with Gasteiger partial charge < -0.3 is 4.74 Å². The lowest BCUT2D eigenvalue weighted by Crippen LogP contribution is -2.24. The van der Waals surface area contributed by atoms with Gasteiger partial charge in [0, 0.05) is 11.6 Å². The molecule has 0 atom stereocenters. The molecular formula is C19H15N3O4. The fourth-order valence-corrected chi connectivity index (χ4v) is 2.44. The van der Waals surface area contributed by atoms with Crippen molar-refractivity contribution in [3.63, 3.8) is 0 Å². The molecule has 0 radical (unpaired) electrons. The maximum Gasteiger partial charge on any atom is 0.310 e. The Morgan fingerprint density at radius 3 is 2.65 bits per heavy atom. The number of fused-ring (bicyclic) bond motifs is 1. The molecule has 0 saturated heterocycles. The van der Waals surface area contributed by atoms with E-state index >= 15 is 0 Å². The van der Waals surface area contributed by atoms with Crippen LogP contribution in [0.1, 0.15) is 5.56 Å². The van der Waals surface area contributed by atoms with Gasteiger partial charge in [0.1, 0.15) is 0 Å². The maximum absolute atomic E-state index is 11.8. The highest BCUT2D eigenvalue weighted by Gasteiger charge is 2.14. The predicted octanol–water partition coefficient (Wildman–Crippen LogP) is 3.28. The van der Waals surface area contributed by atoms with E-state index < -0.39 is 10.8 Å². The number of hydrogen-bond donors (Lipinski definition) is 1. The number of benzene rings is 3. The van der Waals surface area contributed by atoms with Gasteiger partial charge in [-0.3, -0.25) is 14.9 Å². The quantitative estimate of drug-likeness (QED) is 0.420. The molecular weight excluding hydrogens is 334 g/mol. The zero-order valence-corrected chi connectivity index (χ0v) is 13.7. The van der Waals surface area contributed by atoms with Gasteiger partial charge in [0.05, 0.1) is 11.1 Å². The number of nitro groups is 1. The molecule has 0 heterocycles. The number of carbonyl (C=O) groups is 1. The lowest BCUT2D eigenvalue weighted by atomic mass is 10.1. The summed E-state index contributed by atoms with van der Waals surface area (Å²) in [7, 11) is 0. The summed E-state index contributed by atoms with van der Waals surface area (Å²) in [5, 5.41) is 16.9. The predicted molar refractivity (Wildman–Crippen MR) is 98.3 cm³/mol. The summed E-state index contributed by atoms with van der Waals surface area (Å²) < 4.78 is 5.21. The van der Waals surface area contributed by atoms with Crippen molar-refractivity contribution in [3.8, 4) is 5.75 Å². The normalized spacial score (nSPS) is 10.8. The van der Waals surface area contributed by atoms with Crippen molar-refractivity contribution in [1.82, 2.24) is 5.43 Å². The van der Waals surface area contributed by atoms with E-state index in [1.54, 1.807) is 12.3 Å². The Morgan fingerprint density at radius 2 is 1.81 bits per heavy atom. The third-order valence-electron chi connectivity index (χ3n) is 3.64. The molecule has 1 N–H and O–H groups in total. The third-order valence-corrected chi connectivity index (χ3v) is 3.64. The summed E-state index contributed by atoms with van der Waals surface area (Å²) in [5.74, 6) is -0.481. The van der Waals surface area contributed by atoms with Gasteiger partial charge in [0.2, 0.25) is 0 Å². The summed E-state index contributed by atoms with van der Waals surface area (Å²) in [6, 6.07) is 19.5. The van der Waals surface area contributed by atoms with Crippen molar-refractivity contribution in [3.05, 3.63) is 82.4 Å². The number of nitrogens with zero attached hydrogens (tertiary/aromatic N) is 2. The molecule has 0 aliphatic carbocycles. The molecule has 0 aliphatic heterocycles. The highest BCUT2D eigenvalue weighted by atomic mass is 16.6. The first-order valence-electron chi connectivity index (χ1n) is 7.81. The van der Waals surface area contributed by atoms with Crippen molar-refractivity contribution in [2.45, 2.75) is 0 Å². The summed E-state index contributed by atoms with van der Waals surface area (Å²) in [4.78, 5) is 22.2. The first kappa shape index (κ1) is 17.1. The molecule has 0 aliphatic rings. The van der Waals surface area contributed by atoms with Gasteiger partial charge in [-0.1, -0.05) is 54.6 Å². The lowest BCUT2D eigenvalue weighted by Gasteiger charge is -2.05. The molecule has 26 heavy (non-hydrogen) atoms. The molecule has 7 nitrogen and oxygen atoms in total. The second kappa shape index (κ2) is 7.89. The Hall–Kier alpha value is -3.74. The van der Waals surface area contributed by atoms with Crippen LogP contribution in [0.5, 0.6) is 5.75 Å². The minimum Gasteiger partial charge on any atom is -0.477 e. The highest BCUT2D eigenvalue weighted by molar-refractivity contribution is 5.99. The van der Waals surface area contributed by atoms with Crippen LogP contribution in [-0.2, 0) is 4.79 Å². The van der Waals surface area contributed by atoms with E-state index in [1.807, 2.05) is 42.5 Å². The topological polar surface area (TPSA) is 93.8 Å². The van der Waals surface area contributed by atoms with Crippen LogP contribution in [0, 0.1) is 10.1 Å². The largest absolute Gasteiger partial charge is 0.477 e. The minimum atomic E-state index is -0.564. The smallest absolute Gasteiger partial charge is 0.310 e. The van der Waals surface area contributed by atoms with Gasteiger partial charge in [-0.2, -0.15) is 5.10 Å². The van der Waals surface area contributed by atoms with E-state index in [4.69, 9.17) is 4.74 Å². The van der Waals surface area contributed by atoms with Crippen molar-refractivity contribution in [2.75, 3.05) is 6.61 Å². The Balaban J connectivity index is 1.61. The number of nitro benzene ring substituents is 1. The summed E-state index contributed by atoms with van der Waals surface area (Å²) in [6.07, 6.45) is 1.55. The molecule has 3 aromatic carbocycles. The molecule has 3 aromatic rings. The molecule has 7 heteroatoms. The third kappa shape index (κ3) is 4.02. The van der Waals surface area contributed by atoms with Crippen molar-refractivity contribution < 1.29 is 14.5 Å². The average Bonchev–Trinajstić information content (AvgIpc) is 2.66. The number of para-hydroxylation sites is 2. The van der Waals surface area contributed by atoms with Crippen LogP contribution in [0.2, 0.25) is 0 Å². The second-order valence-electron chi connectivity index (χ2n) is 5.38. The van der Waals surface area contributed by atoms with E-state index in [-0.39, 0.29) is 18.0 Å². The molecule has 130 valence electrons. The number of hydrazone groups is 1. The van der Waals surface area contributed by atoms with Crippen LogP contribution in [0.4, 0.5) is 5.69 Å². The molecule has 3 rings (SSSR count). The number of rotatable bonds is 6. The zero-order chi connectivity index (χ0) is 18.4. The van der Waals surface area contributed by atoms with E-state index in [2.05, 4.69) is 10.5 Å². The van der Waals surface area contributed by atoms with Crippen molar-refractivity contribution >= 4 is 28.6 Å². The van der Waals surface area contributed by atoms with E-state index in [9.17, 15) is 14.9 Å². The van der Waals surface area contributed by atoms with Crippen LogP contribution in [0.3, 0.4) is 0 Å². The molecule has 0 unspecified atom stereocenters. The van der Waals surface area contributed by atoms with Crippen LogP contribution in [0.15, 0.2) is 71.8 Å². The van der Waals surface area contributed by atoms with Crippen LogP contribution >= 0.6 is 0 Å². The number of hydrogen-bond acceptors (Lipinski definition) is 5. The van der Waals surface area contributed by atoms with E-state index in [0.717, 1.165) is 16.3 Å². The maximum atomic E-state index is 11.8. The van der Waals surface area contributed by atoms with Crippen molar-refractivity contribution in [1.29, 1.82) is 0 Å². The molecule has 0 bridgehead atoms. The summed E-state index contributed by atoms with van der Waals surface area (Å²) in [6.45, 7) is -0.377. The number of nitrogens with one attached hydrogen (secondary N) is 1. The molecule has 0 saturated carbocycles. The summed E-state index contributed by atoms with van der Waals surface area (Å²) in [5.41, 5.74) is 3.02. The molecule has 0 aromatic heterocycles. The Kier molecular flexibility index (Phi) is 5.19. The van der Waals surface area contributed by atoms with Crippen LogP contribution in [-0.4, -0.2) is 23.7 Å². The first-order valence-corrected chi connectivity index (χ1v) is 7.81. The van der Waals surface area contributed by atoms with Gasteiger partial charge in [0.25, 0.3) is 5.91 Å². The Bertz CT molecular complexity index is 980. The lowest BCUT2D eigenvalue weighted by molar-refractivity contribution is -0.385. The Labute approximate surface area is 149 Å². The fourth-order valence-electron chi connectivity index (χ4n) is 2.44. The standard InChI is InChI=1S/C19H15N3O4/c23-19(13-26-18-11-4-3-10-17(18)22(24)25)21-20-12-15-8-5-7-14-6-1-2-9-16(14)15/h1-12H,13H2,(H,21,23)/b20-12+. The molecule has 1 amide bonds. The van der Waals surface area contributed by atoms with Gasteiger partial charge in [-0.25, -0.2) is 5.43 Å². The summed E-state index contributed by atoms with van der Waals surface area (Å²) >= 11 is 0. The fraction of sp³-hybridized carbons (Fsp3) is 0.0526. The second-order valence-corrected chi connectivity index (χ2v) is 5.38. The SMILES string of the molecule is O=C(COc1ccccc1[N+](=O)[O-])N/N=C/c1cccc2ccccc12. The van der Waals surface area contributed by atoms with Gasteiger partial charge in [0.15, 0.2) is 12.4 Å². The average molecular weight is 349 g/mol. The monoisotopic (exact) mass is 349 g/mol. The number of amides is 1. The van der Waals surface area contributed by atoms with Gasteiger partial charge >= 0.3 is 5.69 Å². The Morgan fingerprint density at radius 1 is 1.08 bits per heavy atom.